The number of aromatic nitrogens is 2. The molecule has 0 amide bonds. The molecule has 0 fully saturated rings. The van der Waals surface area contributed by atoms with Gasteiger partial charge in [0.2, 0.25) is 0 Å². The summed E-state index contributed by atoms with van der Waals surface area (Å²) in [5.41, 5.74) is 6.49. The number of rotatable bonds is 0. The Bertz CT molecular complexity index is 387. The lowest BCUT2D eigenvalue weighted by Crippen LogP contribution is -1.91. The van der Waals surface area contributed by atoms with E-state index in [9.17, 15) is 0 Å². The Balaban J connectivity index is 0.000000720. The molecule has 0 bridgehead atoms. The summed E-state index contributed by atoms with van der Waals surface area (Å²) in [6.07, 6.45) is 1.47. The summed E-state index contributed by atoms with van der Waals surface area (Å²) < 4.78 is 0. The fourth-order valence-electron chi connectivity index (χ4n) is 1.03. The van der Waals surface area contributed by atoms with Gasteiger partial charge in [0.05, 0.1) is 5.52 Å². The fourth-order valence-corrected chi connectivity index (χ4v) is 1.03. The Morgan fingerprint density at radius 2 is 1.69 bits per heavy atom. The minimum absolute atomic E-state index is 0. The Kier molecular flexibility index (Phi) is 4.45. The number of nitrogens with zero attached hydrogens (tertiary/aromatic N) is 2. The van der Waals surface area contributed by atoms with Crippen LogP contribution in [0, 0.1) is 0 Å². The molecule has 2 aromatic rings. The van der Waals surface area contributed by atoms with Gasteiger partial charge in [0.25, 0.3) is 0 Å². The standard InChI is InChI=1S/C8H7N3.2ClH/c9-8-6-3-1-2-4-7(6)10-5-11-8;;/h1-5H,(H2,9,10,11);2*1H. The van der Waals surface area contributed by atoms with E-state index in [0.29, 0.717) is 5.82 Å². The third kappa shape index (κ3) is 2.20. The van der Waals surface area contributed by atoms with Crippen molar-refractivity contribution in [1.29, 1.82) is 0 Å². The quantitative estimate of drug-likeness (QED) is 0.736. The van der Waals surface area contributed by atoms with Crippen LogP contribution in [0.2, 0.25) is 0 Å². The molecule has 0 radical (unpaired) electrons. The van der Waals surface area contributed by atoms with Gasteiger partial charge in [0.15, 0.2) is 0 Å². The molecule has 0 spiro atoms. The molecule has 0 aliphatic heterocycles. The van der Waals surface area contributed by atoms with E-state index < -0.39 is 0 Å². The number of hydrogen-bond acceptors (Lipinski definition) is 3. The van der Waals surface area contributed by atoms with Crippen molar-refractivity contribution in [3.05, 3.63) is 30.6 Å². The third-order valence-electron chi connectivity index (χ3n) is 1.57. The van der Waals surface area contributed by atoms with Crippen LogP contribution in [-0.2, 0) is 0 Å². The Morgan fingerprint density at radius 3 is 2.38 bits per heavy atom. The van der Waals surface area contributed by atoms with Crippen LogP contribution in [-0.4, -0.2) is 9.97 Å². The van der Waals surface area contributed by atoms with E-state index in [-0.39, 0.29) is 24.8 Å². The summed E-state index contributed by atoms with van der Waals surface area (Å²) in [6.45, 7) is 0. The largest absolute Gasteiger partial charge is 0.383 e. The van der Waals surface area contributed by atoms with Gasteiger partial charge in [0, 0.05) is 5.39 Å². The molecule has 1 aromatic heterocycles. The van der Waals surface area contributed by atoms with Gasteiger partial charge in [-0.2, -0.15) is 0 Å². The molecule has 0 saturated carbocycles. The van der Waals surface area contributed by atoms with Crippen LogP contribution in [0.1, 0.15) is 0 Å². The van der Waals surface area contributed by atoms with Crippen molar-refractivity contribution in [3.63, 3.8) is 0 Å². The van der Waals surface area contributed by atoms with E-state index >= 15 is 0 Å². The van der Waals surface area contributed by atoms with E-state index in [1.807, 2.05) is 24.3 Å². The lowest BCUT2D eigenvalue weighted by Gasteiger charge is -1.96. The van der Waals surface area contributed by atoms with Gasteiger partial charge in [-0.1, -0.05) is 12.1 Å². The maximum atomic E-state index is 5.61. The normalized spacial score (nSPS) is 8.62. The molecule has 1 heterocycles. The topological polar surface area (TPSA) is 51.8 Å². The van der Waals surface area contributed by atoms with Crippen molar-refractivity contribution in [2.45, 2.75) is 0 Å². The summed E-state index contributed by atoms with van der Waals surface area (Å²) >= 11 is 0. The van der Waals surface area contributed by atoms with Gasteiger partial charge in [-0.15, -0.1) is 24.8 Å². The molecular weight excluding hydrogens is 209 g/mol. The number of benzene rings is 1. The average Bonchev–Trinajstić information content (AvgIpc) is 2.06. The summed E-state index contributed by atoms with van der Waals surface area (Å²) in [6, 6.07) is 7.66. The summed E-state index contributed by atoms with van der Waals surface area (Å²) in [7, 11) is 0. The lowest BCUT2D eigenvalue weighted by molar-refractivity contribution is 1.23. The summed E-state index contributed by atoms with van der Waals surface area (Å²) in [5, 5.41) is 0.912. The molecule has 5 heteroatoms. The zero-order valence-electron chi connectivity index (χ0n) is 6.68. The minimum atomic E-state index is 0. The van der Waals surface area contributed by atoms with Gasteiger partial charge >= 0.3 is 0 Å². The van der Waals surface area contributed by atoms with Crippen LogP contribution >= 0.6 is 24.8 Å². The number of anilines is 1. The molecule has 2 N–H and O–H groups in total. The smallest absolute Gasteiger partial charge is 0.134 e. The number of para-hydroxylation sites is 1. The maximum Gasteiger partial charge on any atom is 0.134 e. The molecule has 3 nitrogen and oxygen atoms in total. The van der Waals surface area contributed by atoms with Crippen LogP contribution < -0.4 is 5.73 Å². The Labute approximate surface area is 88.2 Å². The SMILES string of the molecule is Cl.Cl.Nc1ncnc2ccccc12. The van der Waals surface area contributed by atoms with Gasteiger partial charge in [0.1, 0.15) is 12.1 Å². The average molecular weight is 218 g/mol. The second kappa shape index (κ2) is 4.84. The molecule has 0 atom stereocenters. The minimum Gasteiger partial charge on any atom is -0.383 e. The van der Waals surface area contributed by atoms with Crippen LogP contribution in [0.3, 0.4) is 0 Å². The highest BCUT2D eigenvalue weighted by Gasteiger charge is 1.95. The van der Waals surface area contributed by atoms with Crippen molar-refractivity contribution in [3.8, 4) is 0 Å². The molecule has 2 rings (SSSR count). The van der Waals surface area contributed by atoms with Crippen LogP contribution in [0.25, 0.3) is 10.9 Å². The fraction of sp³-hybridized carbons (Fsp3) is 0. The first kappa shape index (κ1) is 11.9. The van der Waals surface area contributed by atoms with E-state index in [2.05, 4.69) is 9.97 Å². The predicted octanol–water partition coefficient (Wildman–Crippen LogP) is 2.06. The first-order chi connectivity index (χ1) is 5.38. The Morgan fingerprint density at radius 1 is 1.00 bits per heavy atom. The molecule has 0 aliphatic rings. The molecule has 1 aromatic carbocycles. The van der Waals surface area contributed by atoms with E-state index in [4.69, 9.17) is 5.73 Å². The molecule has 0 aliphatic carbocycles. The number of hydrogen-bond donors (Lipinski definition) is 1. The first-order valence-corrected chi connectivity index (χ1v) is 3.33. The Hall–Kier alpha value is -1.06. The first-order valence-electron chi connectivity index (χ1n) is 3.33. The van der Waals surface area contributed by atoms with Gasteiger partial charge in [-0.05, 0) is 12.1 Å². The van der Waals surface area contributed by atoms with Crippen molar-refractivity contribution in [2.24, 2.45) is 0 Å². The number of nitrogens with two attached hydrogens (primary N) is 1. The second-order valence-electron chi connectivity index (χ2n) is 2.28. The van der Waals surface area contributed by atoms with Crippen LogP contribution in [0.4, 0.5) is 5.82 Å². The van der Waals surface area contributed by atoms with E-state index in [1.165, 1.54) is 6.33 Å². The van der Waals surface area contributed by atoms with E-state index in [1.54, 1.807) is 0 Å². The van der Waals surface area contributed by atoms with Crippen LogP contribution in [0.5, 0.6) is 0 Å². The summed E-state index contributed by atoms with van der Waals surface area (Å²) in [5.74, 6) is 0.538. The monoisotopic (exact) mass is 217 g/mol. The molecule has 0 saturated heterocycles. The second-order valence-corrected chi connectivity index (χ2v) is 2.28. The molecule has 70 valence electrons. The van der Waals surface area contributed by atoms with Crippen LogP contribution in [0.15, 0.2) is 30.6 Å². The van der Waals surface area contributed by atoms with Crippen molar-refractivity contribution < 1.29 is 0 Å². The van der Waals surface area contributed by atoms with Crippen molar-refractivity contribution >= 4 is 41.5 Å². The number of nitrogen functional groups attached to an aromatic ring is 1. The maximum absolute atomic E-state index is 5.61. The van der Waals surface area contributed by atoms with Gasteiger partial charge < -0.3 is 5.73 Å². The highest BCUT2D eigenvalue weighted by atomic mass is 35.5. The number of fused-ring (bicyclic) bond motifs is 1. The lowest BCUT2D eigenvalue weighted by atomic mass is 10.2. The van der Waals surface area contributed by atoms with E-state index in [0.717, 1.165) is 10.9 Å². The highest BCUT2D eigenvalue weighted by molar-refractivity contribution is 5.87. The molecule has 0 unspecified atom stereocenters. The molecular formula is C8H9Cl2N3. The highest BCUT2D eigenvalue weighted by Crippen LogP contribution is 2.14. The zero-order valence-corrected chi connectivity index (χ0v) is 8.31. The third-order valence-corrected chi connectivity index (χ3v) is 1.57. The summed E-state index contributed by atoms with van der Waals surface area (Å²) in [4.78, 5) is 7.92. The number of halogens is 2. The van der Waals surface area contributed by atoms with Crippen molar-refractivity contribution in [1.82, 2.24) is 9.97 Å². The molecule has 13 heavy (non-hydrogen) atoms. The zero-order chi connectivity index (χ0) is 7.68. The van der Waals surface area contributed by atoms with Gasteiger partial charge in [-0.3, -0.25) is 0 Å². The predicted molar refractivity (Wildman–Crippen MR) is 58.4 cm³/mol. The van der Waals surface area contributed by atoms with Gasteiger partial charge in [-0.25, -0.2) is 9.97 Å². The van der Waals surface area contributed by atoms with Crippen molar-refractivity contribution in [2.75, 3.05) is 5.73 Å².